The number of nitrogens with two attached hydrogens (primary N) is 1. The average molecular weight is 310 g/mol. The van der Waals surface area contributed by atoms with E-state index in [0.717, 1.165) is 5.56 Å². The molecule has 1 atom stereocenters. The van der Waals surface area contributed by atoms with Gasteiger partial charge in [0.05, 0.1) is 0 Å². The predicted molar refractivity (Wildman–Crippen MR) is 53.4 cm³/mol. The number of aliphatic carboxylic acids is 1. The van der Waals surface area contributed by atoms with Crippen LogP contribution in [0.1, 0.15) is 5.56 Å². The monoisotopic (exact) mass is 308 g/mol. The summed E-state index contributed by atoms with van der Waals surface area (Å²) >= 11 is 0. The summed E-state index contributed by atoms with van der Waals surface area (Å²) in [4.78, 5) is 10.4. The molecule has 16 heavy (non-hydrogen) atoms. The first-order chi connectivity index (χ1) is 5.70. The van der Waals surface area contributed by atoms with Crippen LogP contribution in [-0.2, 0) is 30.7 Å². The van der Waals surface area contributed by atoms with E-state index in [0.29, 0.717) is 6.42 Å². The molecule has 1 aromatic rings. The number of hydrogen-bond donors (Lipinski definition) is 2. The standard InChI is InChI=1S/C9H11NO2.Al.ClH.H2O.Zn/c10-8(9(11)12)6-7-4-2-1-3-5-7;;;;/h1-5,8H,6,10H2,(H,11,12);;1H;1H2;/q;;;;+2/p-2/t8-;;;;/m0..../s1. The summed E-state index contributed by atoms with van der Waals surface area (Å²) in [6.45, 7) is 0. The van der Waals surface area contributed by atoms with Crippen LogP contribution >= 0.6 is 0 Å². The van der Waals surface area contributed by atoms with Crippen molar-refractivity contribution >= 4 is 23.3 Å². The van der Waals surface area contributed by atoms with Crippen molar-refractivity contribution < 1.29 is 47.3 Å². The van der Waals surface area contributed by atoms with E-state index in [1.807, 2.05) is 30.3 Å². The topological polar surface area (TPSA) is 93.3 Å². The molecule has 0 aromatic heterocycles. The van der Waals surface area contributed by atoms with Crippen molar-refractivity contribution in [1.29, 1.82) is 0 Å². The van der Waals surface area contributed by atoms with Gasteiger partial charge < -0.3 is 28.7 Å². The van der Waals surface area contributed by atoms with Crippen LogP contribution in [0, 0.1) is 0 Å². The van der Waals surface area contributed by atoms with Crippen LogP contribution in [0.2, 0.25) is 0 Å². The van der Waals surface area contributed by atoms with Crippen LogP contribution in [-0.4, -0.2) is 40.0 Å². The number of hydrogen-bond acceptors (Lipinski definition) is 3. The molecule has 0 saturated heterocycles. The van der Waals surface area contributed by atoms with Gasteiger partial charge in [-0.15, -0.1) is 0 Å². The van der Waals surface area contributed by atoms with Crippen LogP contribution < -0.4 is 18.1 Å². The van der Waals surface area contributed by atoms with Crippen molar-refractivity contribution in [1.82, 2.24) is 0 Å². The van der Waals surface area contributed by atoms with Crippen LogP contribution in [0.4, 0.5) is 0 Å². The number of halogens is 1. The summed E-state index contributed by atoms with van der Waals surface area (Å²) in [5, 5.41) is 8.52. The largest absolute Gasteiger partial charge is 2.00 e. The molecule has 0 heterocycles. The summed E-state index contributed by atoms with van der Waals surface area (Å²) in [7, 11) is 0. The summed E-state index contributed by atoms with van der Waals surface area (Å²) in [6, 6.07) is 8.54. The SMILES string of the molecule is N[C@@H](Cc1ccccc1)C(=O)O.[Al].[Cl-].[OH-].[Zn+2]. The fourth-order valence-corrected chi connectivity index (χ4v) is 0.955. The molecule has 4 nitrogen and oxygen atoms in total. The molecule has 0 aliphatic heterocycles. The van der Waals surface area contributed by atoms with Crippen LogP contribution in [0.15, 0.2) is 30.3 Å². The molecule has 0 amide bonds. The van der Waals surface area contributed by atoms with Gasteiger partial charge in [-0.3, -0.25) is 4.79 Å². The quantitative estimate of drug-likeness (QED) is 0.585. The molecule has 0 saturated carbocycles. The Morgan fingerprint density at radius 1 is 1.31 bits per heavy atom. The Kier molecular flexibility index (Phi) is 20.5. The maximum atomic E-state index is 10.4. The van der Waals surface area contributed by atoms with Gasteiger partial charge in [-0.1, -0.05) is 30.3 Å². The maximum Gasteiger partial charge on any atom is 2.00 e. The van der Waals surface area contributed by atoms with Gasteiger partial charge in [0, 0.05) is 17.4 Å². The molecular weight excluding hydrogens is 298 g/mol. The molecule has 7 heteroatoms. The average Bonchev–Trinajstić information content (AvgIpc) is 2.06. The zero-order valence-corrected chi connectivity index (χ0v) is 13.6. The first-order valence-corrected chi connectivity index (χ1v) is 3.72. The van der Waals surface area contributed by atoms with Gasteiger partial charge in [0.25, 0.3) is 0 Å². The third kappa shape index (κ3) is 9.29. The van der Waals surface area contributed by atoms with Gasteiger partial charge in [-0.2, -0.15) is 0 Å². The first kappa shape index (κ1) is 25.0. The van der Waals surface area contributed by atoms with Crippen LogP contribution in [0.5, 0.6) is 0 Å². The predicted octanol–water partition coefficient (Wildman–Crippen LogP) is -2.92. The molecule has 0 bridgehead atoms. The molecule has 83 valence electrons. The van der Waals surface area contributed by atoms with Crippen LogP contribution in [0.25, 0.3) is 0 Å². The zero-order chi connectivity index (χ0) is 8.97. The Bertz CT molecular complexity index is 277. The first-order valence-electron chi connectivity index (χ1n) is 3.72. The van der Waals surface area contributed by atoms with E-state index in [4.69, 9.17) is 10.8 Å². The summed E-state index contributed by atoms with van der Waals surface area (Å²) < 4.78 is 0. The van der Waals surface area contributed by atoms with Crippen molar-refractivity contribution in [2.45, 2.75) is 12.5 Å². The molecule has 4 N–H and O–H groups in total. The summed E-state index contributed by atoms with van der Waals surface area (Å²) in [5.74, 6) is -0.959. The Balaban J connectivity index is -0.000000180. The summed E-state index contributed by atoms with van der Waals surface area (Å²) in [5.41, 5.74) is 6.30. The molecular formula is C9H12AlClNO3Zn. The second kappa shape index (κ2) is 13.1. The smallest absolute Gasteiger partial charge is 1.00 e. The number of carboxylic acids is 1. The molecule has 1 rings (SSSR count). The molecule has 0 fully saturated rings. The van der Waals surface area contributed by atoms with E-state index in [9.17, 15) is 4.79 Å². The van der Waals surface area contributed by atoms with E-state index in [2.05, 4.69) is 0 Å². The van der Waals surface area contributed by atoms with E-state index in [1.54, 1.807) is 0 Å². The van der Waals surface area contributed by atoms with E-state index in [1.165, 1.54) is 0 Å². The Labute approximate surface area is 124 Å². The molecule has 0 aliphatic rings. The van der Waals surface area contributed by atoms with Gasteiger partial charge in [0.2, 0.25) is 0 Å². The second-order valence-corrected chi connectivity index (χ2v) is 2.63. The number of rotatable bonds is 3. The normalized spacial score (nSPS) is 9.31. The molecule has 3 radical (unpaired) electrons. The van der Waals surface area contributed by atoms with Crippen molar-refractivity contribution in [2.24, 2.45) is 5.73 Å². The fraction of sp³-hybridized carbons (Fsp3) is 0.222. The molecule has 0 spiro atoms. The number of benzene rings is 1. The van der Waals surface area contributed by atoms with Gasteiger partial charge in [-0.25, -0.2) is 0 Å². The Morgan fingerprint density at radius 2 is 1.75 bits per heavy atom. The third-order valence-corrected chi connectivity index (χ3v) is 1.62. The van der Waals surface area contributed by atoms with Gasteiger partial charge in [-0.05, 0) is 12.0 Å². The van der Waals surface area contributed by atoms with Gasteiger partial charge >= 0.3 is 25.4 Å². The van der Waals surface area contributed by atoms with E-state index >= 15 is 0 Å². The second-order valence-electron chi connectivity index (χ2n) is 2.63. The number of carbonyl (C=O) groups is 1. The minimum absolute atomic E-state index is 0. The number of carboxylic acid groups (broad SMARTS) is 1. The fourth-order valence-electron chi connectivity index (χ4n) is 0.955. The van der Waals surface area contributed by atoms with Gasteiger partial charge in [0.15, 0.2) is 0 Å². The minimum Gasteiger partial charge on any atom is -1.00 e. The minimum atomic E-state index is -0.959. The van der Waals surface area contributed by atoms with E-state index < -0.39 is 12.0 Å². The zero-order valence-electron chi connectivity index (χ0n) is 8.71. The third-order valence-electron chi connectivity index (χ3n) is 1.62. The molecule has 0 aliphatic carbocycles. The van der Waals surface area contributed by atoms with Crippen molar-refractivity contribution in [2.75, 3.05) is 0 Å². The Morgan fingerprint density at radius 3 is 2.12 bits per heavy atom. The van der Waals surface area contributed by atoms with Crippen molar-refractivity contribution in [3.05, 3.63) is 35.9 Å². The summed E-state index contributed by atoms with van der Waals surface area (Å²) in [6.07, 6.45) is 0.385. The molecule has 0 unspecified atom stereocenters. The maximum absolute atomic E-state index is 10.4. The Hall–Kier alpha value is 0.0558. The van der Waals surface area contributed by atoms with Crippen LogP contribution in [0.3, 0.4) is 0 Å². The molecule has 1 aromatic carbocycles. The van der Waals surface area contributed by atoms with E-state index in [-0.39, 0.29) is 54.7 Å². The van der Waals surface area contributed by atoms with Gasteiger partial charge in [0.1, 0.15) is 6.04 Å². The van der Waals surface area contributed by atoms with Crippen molar-refractivity contribution in [3.8, 4) is 0 Å². The van der Waals surface area contributed by atoms with Crippen molar-refractivity contribution in [3.63, 3.8) is 0 Å².